The molecule has 0 saturated carbocycles. The van der Waals surface area contributed by atoms with Crippen molar-refractivity contribution in [1.82, 2.24) is 0 Å². The van der Waals surface area contributed by atoms with E-state index in [4.69, 9.17) is 0 Å². The molecule has 1 aliphatic heterocycles. The molecule has 0 spiro atoms. The molecule has 10 heavy (non-hydrogen) atoms. The quantitative estimate of drug-likeness (QED) is 0.372. The van der Waals surface area contributed by atoms with Crippen LogP contribution in [0.4, 0.5) is 0 Å². The van der Waals surface area contributed by atoms with Crippen LogP contribution in [0.1, 0.15) is 13.3 Å². The van der Waals surface area contributed by atoms with Gasteiger partial charge < -0.3 is 12.6 Å². The molecular weight excluding hydrogens is 331 g/mol. The maximum Gasteiger partial charge on any atom is 1.00 e. The van der Waals surface area contributed by atoms with Gasteiger partial charge in [-0.1, -0.05) is 0 Å². The van der Waals surface area contributed by atoms with Crippen LogP contribution in [0.25, 0.3) is 0 Å². The van der Waals surface area contributed by atoms with Gasteiger partial charge in [0.15, 0.2) is 5.78 Å². The van der Waals surface area contributed by atoms with Gasteiger partial charge in [-0.05, 0) is 6.92 Å². The first-order valence-corrected chi connectivity index (χ1v) is 3.10. The van der Waals surface area contributed by atoms with Gasteiger partial charge in [-0.2, -0.15) is 5.41 Å². The van der Waals surface area contributed by atoms with Gasteiger partial charge in [0.1, 0.15) is 0 Å². The van der Waals surface area contributed by atoms with Gasteiger partial charge in [-0.25, -0.2) is 0 Å². The second kappa shape index (κ2) is 4.03. The molecular formula is C6H6AuNOS. The topological polar surface area (TPSA) is 29.4 Å². The van der Waals surface area contributed by atoms with E-state index in [0.717, 1.165) is 5.71 Å². The van der Waals surface area contributed by atoms with Crippen molar-refractivity contribution in [2.75, 3.05) is 0 Å². The minimum atomic E-state index is 0. The molecule has 0 fully saturated rings. The van der Waals surface area contributed by atoms with Crippen LogP contribution in [0.15, 0.2) is 16.1 Å². The zero-order chi connectivity index (χ0) is 6.85. The summed E-state index contributed by atoms with van der Waals surface area (Å²) in [5.41, 5.74) is 1.29. The van der Waals surface area contributed by atoms with Crippen LogP contribution in [-0.2, 0) is 39.8 Å². The molecule has 0 bridgehead atoms. The average Bonchev–Trinajstić information content (AvgIpc) is 2.10. The van der Waals surface area contributed by atoms with Crippen LogP contribution < -0.4 is 0 Å². The summed E-state index contributed by atoms with van der Waals surface area (Å²) in [4.78, 5) is 14.7. The van der Waals surface area contributed by atoms with Crippen molar-refractivity contribution in [2.24, 2.45) is 4.99 Å². The Bertz CT molecular complexity index is 210. The number of hydrogen-bond donors (Lipinski definition) is 0. The van der Waals surface area contributed by atoms with Crippen molar-refractivity contribution < 1.29 is 27.2 Å². The number of hydrogen-bond acceptors (Lipinski definition) is 3. The monoisotopic (exact) mass is 337 g/mol. The Hall–Kier alpha value is 0.0403. The van der Waals surface area contributed by atoms with Gasteiger partial charge in [0, 0.05) is 5.71 Å². The first kappa shape index (κ1) is 10.0. The first-order valence-electron chi connectivity index (χ1n) is 2.63. The van der Waals surface area contributed by atoms with Gasteiger partial charge in [-0.15, -0.1) is 0 Å². The number of carbonyl (C=O) groups excluding carboxylic acids is 1. The number of carbonyl (C=O) groups is 1. The fourth-order valence-corrected chi connectivity index (χ4v) is 0.907. The molecule has 0 aromatic carbocycles. The zero-order valence-electron chi connectivity index (χ0n) is 5.35. The number of rotatable bonds is 0. The summed E-state index contributed by atoms with van der Waals surface area (Å²) in [6, 6.07) is 0. The van der Waals surface area contributed by atoms with Crippen LogP contribution in [0.3, 0.4) is 0 Å². The second-order valence-corrected chi connectivity index (χ2v) is 2.19. The average molecular weight is 337 g/mol. The maximum atomic E-state index is 10.8. The molecule has 0 saturated heterocycles. The number of ketones is 1. The van der Waals surface area contributed by atoms with E-state index in [9.17, 15) is 4.79 Å². The van der Waals surface area contributed by atoms with Crippen molar-refractivity contribution in [2.45, 2.75) is 13.3 Å². The minimum absolute atomic E-state index is 0. The third-order valence-corrected chi connectivity index (χ3v) is 1.35. The van der Waals surface area contributed by atoms with Crippen molar-refractivity contribution in [3.05, 3.63) is 11.1 Å². The Kier molecular flexibility index (Phi) is 4.05. The third-order valence-electron chi connectivity index (χ3n) is 1.13. The number of allylic oxidation sites excluding steroid dienone is 1. The van der Waals surface area contributed by atoms with E-state index in [0.29, 0.717) is 12.1 Å². The van der Waals surface area contributed by atoms with Crippen LogP contribution in [0, 0.1) is 0 Å². The third kappa shape index (κ3) is 2.02. The molecule has 0 amide bonds. The molecule has 0 aromatic heterocycles. The van der Waals surface area contributed by atoms with E-state index in [1.807, 2.05) is 6.92 Å². The Morgan fingerprint density at radius 3 is 2.50 bits per heavy atom. The Morgan fingerprint density at radius 1 is 1.70 bits per heavy atom. The van der Waals surface area contributed by atoms with Gasteiger partial charge in [0.2, 0.25) is 0 Å². The van der Waals surface area contributed by atoms with E-state index in [-0.39, 0.29) is 28.2 Å². The van der Waals surface area contributed by atoms with Crippen LogP contribution in [-0.4, -0.2) is 11.5 Å². The second-order valence-electron chi connectivity index (χ2n) is 1.95. The van der Waals surface area contributed by atoms with Crippen LogP contribution in [0.5, 0.6) is 0 Å². The molecule has 1 rings (SSSR count). The van der Waals surface area contributed by atoms with E-state index >= 15 is 0 Å². The number of Topliss-reactive ketones (excluding diaryl/α,β-unsaturated/α-hetero) is 1. The summed E-state index contributed by atoms with van der Waals surface area (Å²) in [7, 11) is 0. The van der Waals surface area contributed by atoms with Crippen molar-refractivity contribution in [3.8, 4) is 0 Å². The summed E-state index contributed by atoms with van der Waals surface area (Å²) >= 11 is 4.55. The fourth-order valence-electron chi connectivity index (χ4n) is 0.722. The zero-order valence-corrected chi connectivity index (χ0v) is 8.33. The van der Waals surface area contributed by atoms with Gasteiger partial charge in [-0.3, -0.25) is 9.79 Å². The molecule has 58 valence electrons. The molecule has 0 radical (unpaired) electrons. The SMILES string of the molecule is CC1=N/C(=C/[S-])C(=O)C1.[Au+]. The van der Waals surface area contributed by atoms with Crippen molar-refractivity contribution in [1.29, 1.82) is 0 Å². The number of nitrogens with zero attached hydrogens (tertiary/aromatic N) is 1. The normalized spacial score (nSPS) is 20.7. The summed E-state index contributed by atoms with van der Waals surface area (Å²) < 4.78 is 0. The predicted molar refractivity (Wildman–Crippen MR) is 38.2 cm³/mol. The van der Waals surface area contributed by atoms with Gasteiger partial charge >= 0.3 is 22.4 Å². The Labute approximate surface area is 80.7 Å². The maximum absolute atomic E-state index is 10.8. The minimum Gasteiger partial charge on any atom is -0.785 e. The summed E-state index contributed by atoms with van der Waals surface area (Å²) in [5.74, 6) is 0.0440. The van der Waals surface area contributed by atoms with Gasteiger partial charge in [0.05, 0.1) is 12.1 Å². The van der Waals surface area contributed by atoms with Crippen LogP contribution in [0.2, 0.25) is 0 Å². The number of aliphatic imine (C=N–C) groups is 1. The molecule has 0 unspecified atom stereocenters. The van der Waals surface area contributed by atoms with Crippen molar-refractivity contribution >= 4 is 24.1 Å². The molecule has 2 nitrogen and oxygen atoms in total. The molecule has 1 heterocycles. The molecule has 4 heteroatoms. The molecule has 0 aromatic rings. The summed E-state index contributed by atoms with van der Waals surface area (Å²) in [6.07, 6.45) is 0.447. The van der Waals surface area contributed by atoms with Crippen LogP contribution >= 0.6 is 0 Å². The fraction of sp³-hybridized carbons (Fsp3) is 0.333. The predicted octanol–water partition coefficient (Wildman–Crippen LogP) is 0.806. The largest absolute Gasteiger partial charge is 1.00 e. The standard InChI is InChI=1S/C6H7NOS.Au/c1-4-2-6(8)5(3-9)7-4;/h3,9H,2H2,1H3;/q;+1/p-1/b5-3+;. The van der Waals surface area contributed by atoms with E-state index in [1.165, 1.54) is 5.41 Å². The van der Waals surface area contributed by atoms with E-state index in [2.05, 4.69) is 17.6 Å². The molecule has 0 N–H and O–H groups in total. The van der Waals surface area contributed by atoms with E-state index in [1.54, 1.807) is 0 Å². The first-order chi connectivity index (χ1) is 4.24. The summed E-state index contributed by atoms with van der Waals surface area (Å²) in [5, 5.41) is 1.33. The summed E-state index contributed by atoms with van der Waals surface area (Å²) in [6.45, 7) is 1.82. The molecule has 0 aliphatic carbocycles. The van der Waals surface area contributed by atoms with Crippen molar-refractivity contribution in [3.63, 3.8) is 0 Å². The molecule has 0 atom stereocenters. The van der Waals surface area contributed by atoms with E-state index < -0.39 is 0 Å². The Morgan fingerprint density at radius 2 is 2.30 bits per heavy atom. The van der Waals surface area contributed by atoms with Gasteiger partial charge in [0.25, 0.3) is 0 Å². The molecule has 1 aliphatic rings. The Balaban J connectivity index is 0.000000810. The smallest absolute Gasteiger partial charge is 0.785 e.